The Kier molecular flexibility index (Phi) is 15.7. The topological polar surface area (TPSA) is 39.7 Å². The van der Waals surface area contributed by atoms with E-state index in [0.29, 0.717) is 5.92 Å². The van der Waals surface area contributed by atoms with E-state index in [4.69, 9.17) is 4.99 Å². The van der Waals surface area contributed by atoms with Crippen LogP contribution in [0.4, 0.5) is 0 Å². The molecule has 146 valence electrons. The fourth-order valence-electron chi connectivity index (χ4n) is 2.52. The molecule has 1 unspecified atom stereocenters. The molecule has 0 amide bonds. The van der Waals surface area contributed by atoms with E-state index in [1.807, 2.05) is 11.3 Å². The van der Waals surface area contributed by atoms with Crippen LogP contribution in [0.5, 0.6) is 0 Å². The minimum Gasteiger partial charge on any atom is -0.357 e. The number of aliphatic imine (C=N–C) groups is 1. The predicted molar refractivity (Wildman–Crippen MR) is 124 cm³/mol. The van der Waals surface area contributed by atoms with Crippen molar-refractivity contribution in [3.8, 4) is 0 Å². The van der Waals surface area contributed by atoms with Crippen molar-refractivity contribution in [1.29, 1.82) is 0 Å². The largest absolute Gasteiger partial charge is 0.357 e. The van der Waals surface area contributed by atoms with Gasteiger partial charge in [-0.1, -0.05) is 32.3 Å². The van der Waals surface area contributed by atoms with Gasteiger partial charge in [0.25, 0.3) is 0 Å². The second-order valence-electron chi connectivity index (χ2n) is 6.63. The number of thiophene rings is 1. The normalized spacial score (nSPS) is 12.8. The van der Waals surface area contributed by atoms with Gasteiger partial charge in [0, 0.05) is 23.9 Å². The number of hydrogen-bond acceptors (Lipinski definition) is 3. The summed E-state index contributed by atoms with van der Waals surface area (Å²) in [6, 6.07) is 4.31. The number of unbranched alkanes of at least 4 members (excludes halogenated alkanes) is 4. The number of rotatable bonds is 12. The molecular formula is C19H37IN4S. The van der Waals surface area contributed by atoms with Gasteiger partial charge in [0.15, 0.2) is 5.96 Å². The minimum atomic E-state index is 0. The highest BCUT2D eigenvalue weighted by atomic mass is 127. The Morgan fingerprint density at radius 1 is 1.16 bits per heavy atom. The molecule has 0 radical (unpaired) electrons. The van der Waals surface area contributed by atoms with Crippen molar-refractivity contribution in [2.45, 2.75) is 51.9 Å². The van der Waals surface area contributed by atoms with Crippen LogP contribution in [0.1, 0.15) is 56.7 Å². The fourth-order valence-corrected chi connectivity index (χ4v) is 3.30. The zero-order valence-corrected chi connectivity index (χ0v) is 19.5. The monoisotopic (exact) mass is 480 g/mol. The molecule has 1 rings (SSSR count). The first-order chi connectivity index (χ1) is 11.6. The van der Waals surface area contributed by atoms with Crippen LogP contribution in [0.3, 0.4) is 0 Å². The Morgan fingerprint density at radius 2 is 1.88 bits per heavy atom. The molecule has 0 fully saturated rings. The average Bonchev–Trinajstić information content (AvgIpc) is 3.08. The summed E-state index contributed by atoms with van der Waals surface area (Å²) in [7, 11) is 4.29. The summed E-state index contributed by atoms with van der Waals surface area (Å²) in [5.41, 5.74) is 0. The van der Waals surface area contributed by atoms with Crippen molar-refractivity contribution >= 4 is 41.3 Å². The summed E-state index contributed by atoms with van der Waals surface area (Å²) in [6.45, 7) is 8.31. The smallest absolute Gasteiger partial charge is 0.191 e. The Balaban J connectivity index is 0.00000576. The molecule has 25 heavy (non-hydrogen) atoms. The lowest BCUT2D eigenvalue weighted by Crippen LogP contribution is -2.38. The van der Waals surface area contributed by atoms with E-state index in [1.54, 1.807) is 0 Å². The van der Waals surface area contributed by atoms with Crippen LogP contribution < -0.4 is 10.6 Å². The van der Waals surface area contributed by atoms with E-state index in [0.717, 1.165) is 25.6 Å². The standard InChI is InChI=1S/C19H36N4S.HI/c1-5-20-19(22-16-17(2)18-12-11-15-24-18)21-13-9-7-6-8-10-14-23(3)4;/h11-12,15,17H,5-10,13-14,16H2,1-4H3,(H2,20,21,22);1H. The van der Waals surface area contributed by atoms with Gasteiger partial charge in [-0.3, -0.25) is 4.99 Å². The number of hydrogen-bond donors (Lipinski definition) is 2. The molecule has 0 saturated carbocycles. The fraction of sp³-hybridized carbons (Fsp3) is 0.737. The number of halogens is 1. The van der Waals surface area contributed by atoms with Crippen molar-refractivity contribution in [2.24, 2.45) is 4.99 Å². The van der Waals surface area contributed by atoms with Gasteiger partial charge < -0.3 is 15.5 Å². The third-order valence-corrected chi connectivity index (χ3v) is 5.07. The molecule has 0 aliphatic rings. The Morgan fingerprint density at radius 3 is 2.52 bits per heavy atom. The molecule has 0 saturated heterocycles. The van der Waals surface area contributed by atoms with Crippen LogP contribution in [0, 0.1) is 0 Å². The zero-order valence-electron chi connectivity index (χ0n) is 16.4. The molecule has 0 aliphatic heterocycles. The van der Waals surface area contributed by atoms with Gasteiger partial charge in [0.1, 0.15) is 0 Å². The molecule has 1 aromatic heterocycles. The summed E-state index contributed by atoms with van der Waals surface area (Å²) in [6.07, 6.45) is 6.49. The molecule has 1 heterocycles. The highest BCUT2D eigenvalue weighted by Crippen LogP contribution is 2.20. The van der Waals surface area contributed by atoms with Gasteiger partial charge in [0.05, 0.1) is 6.54 Å². The van der Waals surface area contributed by atoms with Crippen LogP contribution in [0.2, 0.25) is 0 Å². The van der Waals surface area contributed by atoms with Crippen LogP contribution in [-0.4, -0.2) is 51.1 Å². The van der Waals surface area contributed by atoms with E-state index < -0.39 is 0 Å². The lowest BCUT2D eigenvalue weighted by molar-refractivity contribution is 0.389. The third kappa shape index (κ3) is 12.6. The van der Waals surface area contributed by atoms with Gasteiger partial charge in [-0.2, -0.15) is 0 Å². The van der Waals surface area contributed by atoms with Crippen LogP contribution >= 0.6 is 35.3 Å². The molecule has 0 bridgehead atoms. The number of guanidine groups is 1. The average molecular weight is 481 g/mol. The first kappa shape index (κ1) is 24.7. The van der Waals surface area contributed by atoms with E-state index >= 15 is 0 Å². The summed E-state index contributed by atoms with van der Waals surface area (Å²) in [5, 5.41) is 8.94. The summed E-state index contributed by atoms with van der Waals surface area (Å²) >= 11 is 1.82. The second kappa shape index (κ2) is 15.9. The van der Waals surface area contributed by atoms with Crippen LogP contribution in [0.15, 0.2) is 22.5 Å². The lowest BCUT2D eigenvalue weighted by Gasteiger charge is -2.13. The molecule has 4 nitrogen and oxygen atoms in total. The Labute approximate surface area is 175 Å². The van der Waals surface area contributed by atoms with Crippen molar-refractivity contribution < 1.29 is 0 Å². The quantitative estimate of drug-likeness (QED) is 0.200. The minimum absolute atomic E-state index is 0. The van der Waals surface area contributed by atoms with E-state index in [9.17, 15) is 0 Å². The number of nitrogens with one attached hydrogen (secondary N) is 2. The molecular weight excluding hydrogens is 443 g/mol. The SMILES string of the molecule is CCNC(=NCC(C)c1cccs1)NCCCCCCCN(C)C.I. The first-order valence-corrected chi connectivity index (χ1v) is 10.2. The summed E-state index contributed by atoms with van der Waals surface area (Å²) < 4.78 is 0. The maximum Gasteiger partial charge on any atom is 0.191 e. The molecule has 0 aliphatic carbocycles. The van der Waals surface area contributed by atoms with Gasteiger partial charge in [-0.05, 0) is 51.9 Å². The van der Waals surface area contributed by atoms with E-state index in [2.05, 4.69) is 61.0 Å². The summed E-state index contributed by atoms with van der Waals surface area (Å²) in [5.74, 6) is 1.44. The Bertz CT molecular complexity index is 435. The molecule has 1 aromatic rings. The van der Waals surface area contributed by atoms with Crippen molar-refractivity contribution in [2.75, 3.05) is 40.3 Å². The summed E-state index contributed by atoms with van der Waals surface area (Å²) in [4.78, 5) is 8.40. The van der Waals surface area contributed by atoms with Gasteiger partial charge >= 0.3 is 0 Å². The molecule has 0 spiro atoms. The molecule has 2 N–H and O–H groups in total. The molecule has 6 heteroatoms. The molecule has 0 aromatic carbocycles. The Hall–Kier alpha value is -0.340. The highest BCUT2D eigenvalue weighted by Gasteiger charge is 2.06. The van der Waals surface area contributed by atoms with Gasteiger partial charge in [-0.25, -0.2) is 0 Å². The lowest BCUT2D eigenvalue weighted by atomic mass is 10.1. The van der Waals surface area contributed by atoms with E-state index in [1.165, 1.54) is 43.5 Å². The second-order valence-corrected chi connectivity index (χ2v) is 7.61. The van der Waals surface area contributed by atoms with Crippen molar-refractivity contribution in [1.82, 2.24) is 15.5 Å². The van der Waals surface area contributed by atoms with E-state index in [-0.39, 0.29) is 24.0 Å². The maximum absolute atomic E-state index is 4.73. The number of nitrogens with zero attached hydrogens (tertiary/aromatic N) is 2. The van der Waals surface area contributed by atoms with Crippen LogP contribution in [0.25, 0.3) is 0 Å². The third-order valence-electron chi connectivity index (χ3n) is 3.97. The van der Waals surface area contributed by atoms with Gasteiger partial charge in [-0.15, -0.1) is 35.3 Å². The van der Waals surface area contributed by atoms with Gasteiger partial charge in [0.2, 0.25) is 0 Å². The predicted octanol–water partition coefficient (Wildman–Crippen LogP) is 4.54. The van der Waals surface area contributed by atoms with Crippen molar-refractivity contribution in [3.63, 3.8) is 0 Å². The zero-order chi connectivity index (χ0) is 17.6. The van der Waals surface area contributed by atoms with Crippen LogP contribution in [-0.2, 0) is 0 Å². The van der Waals surface area contributed by atoms with Crippen molar-refractivity contribution in [3.05, 3.63) is 22.4 Å². The highest BCUT2D eigenvalue weighted by molar-refractivity contribution is 14.0. The maximum atomic E-state index is 4.73. The first-order valence-electron chi connectivity index (χ1n) is 9.33. The molecule has 1 atom stereocenters.